The Labute approximate surface area is 765 Å². The first-order valence-corrected chi connectivity index (χ1v) is 44.0. The van der Waals surface area contributed by atoms with Crippen LogP contribution in [0.4, 0.5) is 65.9 Å². The van der Waals surface area contributed by atoms with E-state index in [-0.39, 0.29) is 74.4 Å². The van der Waals surface area contributed by atoms with Crippen LogP contribution in [0.25, 0.3) is 0 Å². The van der Waals surface area contributed by atoms with Crippen molar-refractivity contribution < 1.29 is 219 Å². The SMILES string of the molecule is CC(=O)OC(OCCC(C)(F)F)(OC(C)=O)C(F)(F)F.CC(=O)OCC(COC(C)(F)F)OC(=O)C12CC3CC(C1)C(=O)C(C3)C2.CC(=O)OCC(COC(C)(F)F)OC(=O)C12CC3CC(CC(C3)C1)C2.CC(=O)OCC(COC(C)(F)F)OC(=O)C12CC3CC(CC(O)(C3)C1)C2.CC(=O)OCC(COC(C)(F)F)OC(=O)C1CCCCC1.CC(=O)OCC(COC(C)(F)F)OC(C)=O. The number of alkyl halides is 15. The number of carbonyl (C=O) groups excluding carboxylic acids is 13. The third-order valence-electron chi connectivity index (χ3n) is 23.4. The van der Waals surface area contributed by atoms with Crippen molar-refractivity contribution in [2.24, 2.45) is 69.5 Å². The highest BCUT2D eigenvalue weighted by Crippen LogP contribution is 2.64. The number of ether oxygens (including phenoxy) is 18. The first-order valence-electron chi connectivity index (χ1n) is 44.0. The summed E-state index contributed by atoms with van der Waals surface area (Å²) in [6.07, 6.45) is -10.8. The highest BCUT2D eigenvalue weighted by Gasteiger charge is 2.66. The van der Waals surface area contributed by atoms with Crippen molar-refractivity contribution in [3.05, 3.63) is 0 Å². The molecule has 0 heterocycles. The Kier molecular flexibility index (Phi) is 43.0. The lowest BCUT2D eigenvalue weighted by Gasteiger charge is -2.58. The largest absolute Gasteiger partial charge is 0.500 e. The van der Waals surface area contributed by atoms with E-state index >= 15 is 0 Å². The molecule has 0 aromatic rings. The molecule has 13 fully saturated rings. The smallest absolute Gasteiger partial charge is 0.462 e. The summed E-state index contributed by atoms with van der Waals surface area (Å²) in [5.74, 6) is -13.2. The van der Waals surface area contributed by atoms with Crippen molar-refractivity contribution in [2.75, 3.05) is 72.7 Å². The Bertz CT molecular complexity index is 3820. The van der Waals surface area contributed by atoms with E-state index in [2.05, 4.69) is 47.4 Å². The Morgan fingerprint density at radius 1 is 0.336 bits per heavy atom. The number of hydrogen-bond donors (Lipinski definition) is 1. The zero-order valence-corrected chi connectivity index (χ0v) is 77.4. The number of hydrogen-bond acceptors (Lipinski definition) is 32. The second kappa shape index (κ2) is 49.5. The van der Waals surface area contributed by atoms with E-state index in [0.29, 0.717) is 130 Å². The van der Waals surface area contributed by atoms with E-state index in [9.17, 15) is 133 Å². The van der Waals surface area contributed by atoms with Crippen LogP contribution in [-0.4, -0.2) is 240 Å². The van der Waals surface area contributed by atoms with Gasteiger partial charge in [0.2, 0.25) is 5.92 Å². The third kappa shape index (κ3) is 41.7. The highest BCUT2D eigenvalue weighted by atomic mass is 19.4. The lowest BCUT2D eigenvalue weighted by Crippen LogP contribution is -2.59. The van der Waals surface area contributed by atoms with Crippen molar-refractivity contribution >= 4 is 77.4 Å². The predicted molar refractivity (Wildman–Crippen MR) is 425 cm³/mol. The second-order valence-electron chi connectivity index (χ2n) is 36.9. The third-order valence-corrected chi connectivity index (χ3v) is 23.4. The quantitative estimate of drug-likeness (QED) is 0.0258. The number of halogens is 15. The van der Waals surface area contributed by atoms with Gasteiger partial charge in [-0.3, -0.25) is 67.1 Å². The van der Waals surface area contributed by atoms with Crippen molar-refractivity contribution in [1.82, 2.24) is 0 Å². The molecule has 13 saturated carbocycles. The molecule has 0 aromatic carbocycles. The molecule has 0 aliphatic heterocycles. The van der Waals surface area contributed by atoms with Crippen LogP contribution in [0.3, 0.4) is 0 Å². The predicted octanol–water partition coefficient (Wildman–Crippen LogP) is 14.4. The Hall–Kier alpha value is -8.02. The van der Waals surface area contributed by atoms with Crippen LogP contribution in [-0.2, 0) is 148 Å². The number of esters is 12. The van der Waals surface area contributed by atoms with Gasteiger partial charge in [-0.25, -0.2) is 8.78 Å². The number of carbonyl (C=O) groups is 13. The van der Waals surface area contributed by atoms with E-state index in [1.165, 1.54) is 47.0 Å². The minimum absolute atomic E-state index is 0.100. The summed E-state index contributed by atoms with van der Waals surface area (Å²) in [6.45, 7) is 6.24. The molecule has 32 nitrogen and oxygen atoms in total. The molecular weight excluding hydrogens is 1840 g/mol. The van der Waals surface area contributed by atoms with Gasteiger partial charge in [0, 0.05) is 108 Å². The Balaban J connectivity index is 0.000000287. The van der Waals surface area contributed by atoms with Crippen LogP contribution in [0.2, 0.25) is 0 Å². The van der Waals surface area contributed by atoms with Crippen LogP contribution < -0.4 is 0 Å². The molecule has 1 N–H and O–H groups in total. The van der Waals surface area contributed by atoms with Gasteiger partial charge < -0.3 is 85.6 Å². The summed E-state index contributed by atoms with van der Waals surface area (Å²) in [6, 6.07) is 0. The van der Waals surface area contributed by atoms with Gasteiger partial charge in [0.25, 0.3) is 0 Å². The molecule has 0 radical (unpaired) electrons. The number of rotatable bonds is 40. The topological polar surface area (TPSA) is 408 Å². The summed E-state index contributed by atoms with van der Waals surface area (Å²) in [4.78, 5) is 149. The van der Waals surface area contributed by atoms with Crippen LogP contribution in [0.5, 0.6) is 0 Å². The normalized spacial score (nSPS) is 26.5. The van der Waals surface area contributed by atoms with Crippen molar-refractivity contribution in [3.63, 3.8) is 0 Å². The molecule has 0 spiro atoms. The maximum Gasteiger partial charge on any atom is 0.500 e. The molecule has 134 heavy (non-hydrogen) atoms. The molecule has 13 aliphatic carbocycles. The fourth-order valence-electron chi connectivity index (χ4n) is 19.3. The van der Waals surface area contributed by atoms with Crippen molar-refractivity contribution in [1.29, 1.82) is 0 Å². The fraction of sp³-hybridized carbons (Fsp3) is 0.851. The van der Waals surface area contributed by atoms with E-state index in [1.54, 1.807) is 0 Å². The molecule has 9 atom stereocenters. The zero-order chi connectivity index (χ0) is 101. The van der Waals surface area contributed by atoms with E-state index < -0.39 is 213 Å². The number of ketones is 1. The van der Waals surface area contributed by atoms with Gasteiger partial charge in [0.05, 0.1) is 67.4 Å². The van der Waals surface area contributed by atoms with Gasteiger partial charge in [-0.05, 0) is 164 Å². The van der Waals surface area contributed by atoms with E-state index in [0.717, 1.165) is 84.5 Å². The molecule has 47 heteroatoms. The zero-order valence-electron chi connectivity index (χ0n) is 77.4. The van der Waals surface area contributed by atoms with Gasteiger partial charge in [0.1, 0.15) is 38.8 Å². The van der Waals surface area contributed by atoms with Crippen LogP contribution in [0.1, 0.15) is 245 Å². The Morgan fingerprint density at radius 2 is 0.619 bits per heavy atom. The van der Waals surface area contributed by atoms with Gasteiger partial charge in [-0.1, -0.05) is 19.3 Å². The molecule has 0 aromatic heterocycles. The second-order valence-corrected chi connectivity index (χ2v) is 36.9. The minimum Gasteiger partial charge on any atom is -0.462 e. The fourth-order valence-corrected chi connectivity index (χ4v) is 19.3. The number of Topliss-reactive ketones (excluding diaryl/α,β-unsaturated/α-hetero) is 1. The lowest BCUT2D eigenvalue weighted by molar-refractivity contribution is -0.454. The molecule has 0 saturated heterocycles. The first-order chi connectivity index (χ1) is 61.5. The van der Waals surface area contributed by atoms with E-state index in [4.69, 9.17) is 37.9 Å². The average Bonchev–Trinajstić information content (AvgIpc) is 0.742. The molecule has 13 aliphatic rings. The molecule has 0 amide bonds. The summed E-state index contributed by atoms with van der Waals surface area (Å²) in [5.41, 5.74) is -2.82. The maximum absolute atomic E-state index is 13.0. The van der Waals surface area contributed by atoms with Crippen LogP contribution in [0, 0.1) is 69.5 Å². The monoisotopic (exact) mass is 1970 g/mol. The van der Waals surface area contributed by atoms with E-state index in [1.807, 2.05) is 0 Å². The average molecular weight is 1970 g/mol. The van der Waals surface area contributed by atoms with Crippen LogP contribution >= 0.6 is 0 Å². The van der Waals surface area contributed by atoms with Gasteiger partial charge in [-0.2, -0.15) is 57.1 Å². The molecule has 12 bridgehead atoms. The summed E-state index contributed by atoms with van der Waals surface area (Å²) in [5, 5.41) is 10.7. The standard InChI is InChI=1S/C18H26F2O6.C18H24F2O6.C18H26F2O5.C14H22F2O5.C10H13F5O5.C9H14F2O5/c1-11(21)24-8-14(9-25-16(2,19)20)26-15(22)17-4-12-3-13(5-17)7-18(23,6-12)10-17;1-10(21)24-8-14(9-25-17(2,19)20)26-16(23)18-5-11-3-12(6-18)15(22)13(4-11)7-18;1-11(21)23-9-15(10-24-17(2,19)20)25-16(22)18-6-12-3-13(7-18)5-14(4-12)8-18;1-10(17)19-8-12(9-20-14(2,15)16)21-13(18)11-6-4-3-5-7-11;1-6(16)19-10(9(13,14)15,20-7(2)17)18-5-4-8(3,11)12;1-6(12)14-4-8(16-7(2)13)5-15-9(3,10)11/h12-14,23H,3-10H2,1-2H3;11-14H,3-9H2,1-2H3;12-15H,3-10H2,1-2H3;11-12H,3-9H2,1-2H3;4-5H2,1-3H3;8H,4-5H2,1-3H3. The van der Waals surface area contributed by atoms with Crippen LogP contribution in [0.15, 0.2) is 0 Å². The minimum atomic E-state index is -5.45. The van der Waals surface area contributed by atoms with Crippen molar-refractivity contribution in [3.8, 4) is 0 Å². The molecule has 9 unspecified atom stereocenters. The highest BCUT2D eigenvalue weighted by molar-refractivity contribution is 5.90. The van der Waals surface area contributed by atoms with Gasteiger partial charge >= 0.3 is 114 Å². The van der Waals surface area contributed by atoms with Gasteiger partial charge in [-0.15, -0.1) is 0 Å². The summed E-state index contributed by atoms with van der Waals surface area (Å²) < 4.78 is 275. The molecular formula is C87H125F15O32. The lowest BCUT2D eigenvalue weighted by atomic mass is 9.48. The molecule has 13 rings (SSSR count). The van der Waals surface area contributed by atoms with Gasteiger partial charge in [0.15, 0.2) is 30.5 Å². The summed E-state index contributed by atoms with van der Waals surface area (Å²) in [7, 11) is 0. The number of aliphatic hydroxyl groups is 1. The summed E-state index contributed by atoms with van der Waals surface area (Å²) >= 11 is 0. The first kappa shape index (κ1) is 116. The van der Waals surface area contributed by atoms with Crippen molar-refractivity contribution in [2.45, 2.75) is 329 Å². The molecule has 770 valence electrons. The Morgan fingerprint density at radius 3 is 0.903 bits per heavy atom. The maximum atomic E-state index is 13.0.